The predicted molar refractivity (Wildman–Crippen MR) is 84.7 cm³/mol. The monoisotopic (exact) mass is 301 g/mol. The summed E-state index contributed by atoms with van der Waals surface area (Å²) >= 11 is 1.75. The summed E-state index contributed by atoms with van der Waals surface area (Å²) in [5.74, 6) is 0.983. The van der Waals surface area contributed by atoms with Gasteiger partial charge in [0, 0.05) is 30.1 Å². The number of nitrogens with zero attached hydrogens (tertiary/aromatic N) is 4. The van der Waals surface area contributed by atoms with Gasteiger partial charge in [-0.3, -0.25) is 4.40 Å². The van der Waals surface area contributed by atoms with E-state index >= 15 is 0 Å². The molecule has 0 saturated heterocycles. The minimum atomic E-state index is 0.258. The molecule has 0 aliphatic heterocycles. The van der Waals surface area contributed by atoms with Crippen molar-refractivity contribution in [2.75, 3.05) is 6.54 Å². The van der Waals surface area contributed by atoms with Gasteiger partial charge in [-0.1, -0.05) is 6.07 Å². The van der Waals surface area contributed by atoms with E-state index in [1.807, 2.05) is 28.8 Å². The van der Waals surface area contributed by atoms with E-state index in [1.165, 1.54) is 4.88 Å². The smallest absolute Gasteiger partial charge is 0.160 e. The Hall–Kier alpha value is -1.79. The number of thiazole rings is 1. The van der Waals surface area contributed by atoms with Crippen LogP contribution in [-0.2, 0) is 6.42 Å². The summed E-state index contributed by atoms with van der Waals surface area (Å²) in [6.07, 6.45) is 2.85. The third-order valence-electron chi connectivity index (χ3n) is 3.53. The molecule has 6 heteroatoms. The van der Waals surface area contributed by atoms with Crippen LogP contribution in [0.1, 0.15) is 34.4 Å². The zero-order valence-corrected chi connectivity index (χ0v) is 13.3. The molecular weight excluding hydrogens is 282 g/mol. The van der Waals surface area contributed by atoms with E-state index in [0.29, 0.717) is 0 Å². The van der Waals surface area contributed by atoms with Crippen molar-refractivity contribution in [3.63, 3.8) is 0 Å². The maximum Gasteiger partial charge on any atom is 0.160 e. The Bertz CT molecular complexity index is 745. The predicted octanol–water partition coefficient (Wildman–Crippen LogP) is 2.70. The molecule has 1 atom stereocenters. The van der Waals surface area contributed by atoms with Gasteiger partial charge in [-0.25, -0.2) is 4.98 Å². The molecule has 0 fully saturated rings. The van der Waals surface area contributed by atoms with E-state index in [-0.39, 0.29) is 6.04 Å². The maximum absolute atomic E-state index is 4.60. The van der Waals surface area contributed by atoms with E-state index in [9.17, 15) is 0 Å². The standard InChI is InChI=1S/C15H19N5S/c1-10(15-11(2)21-12(3)17-15)16-8-7-14-19-18-13-6-4-5-9-20(13)14/h4-6,9-10,16H,7-8H2,1-3H3. The van der Waals surface area contributed by atoms with Crippen molar-refractivity contribution < 1.29 is 0 Å². The number of hydrogen-bond donors (Lipinski definition) is 1. The Balaban J connectivity index is 1.62. The van der Waals surface area contributed by atoms with Crippen molar-refractivity contribution in [3.05, 3.63) is 45.8 Å². The molecule has 21 heavy (non-hydrogen) atoms. The molecule has 0 amide bonds. The fourth-order valence-corrected chi connectivity index (χ4v) is 3.42. The number of rotatable bonds is 5. The fourth-order valence-electron chi connectivity index (χ4n) is 2.51. The van der Waals surface area contributed by atoms with Gasteiger partial charge in [0.2, 0.25) is 0 Å². The van der Waals surface area contributed by atoms with Gasteiger partial charge >= 0.3 is 0 Å². The molecule has 110 valence electrons. The summed E-state index contributed by atoms with van der Waals surface area (Å²) in [5.41, 5.74) is 2.05. The first-order valence-corrected chi connectivity index (χ1v) is 7.93. The van der Waals surface area contributed by atoms with Crippen LogP contribution < -0.4 is 5.32 Å². The highest BCUT2D eigenvalue weighted by atomic mass is 32.1. The molecule has 0 radical (unpaired) electrons. The van der Waals surface area contributed by atoms with Crippen LogP contribution in [0.3, 0.4) is 0 Å². The maximum atomic E-state index is 4.60. The average molecular weight is 301 g/mol. The lowest BCUT2D eigenvalue weighted by atomic mass is 10.2. The van der Waals surface area contributed by atoms with Crippen molar-refractivity contribution in [2.45, 2.75) is 33.2 Å². The molecule has 0 bridgehead atoms. The third-order valence-corrected chi connectivity index (χ3v) is 4.44. The summed E-state index contributed by atoms with van der Waals surface area (Å²) < 4.78 is 2.03. The second-order valence-corrected chi connectivity index (χ2v) is 6.55. The van der Waals surface area contributed by atoms with Gasteiger partial charge in [0.1, 0.15) is 5.82 Å². The van der Waals surface area contributed by atoms with E-state index in [4.69, 9.17) is 0 Å². The molecule has 0 aliphatic rings. The highest BCUT2D eigenvalue weighted by Crippen LogP contribution is 2.22. The molecule has 0 aromatic carbocycles. The molecule has 3 aromatic rings. The molecule has 0 aliphatic carbocycles. The highest BCUT2D eigenvalue weighted by Gasteiger charge is 2.13. The molecule has 1 unspecified atom stereocenters. The summed E-state index contributed by atoms with van der Waals surface area (Å²) in [7, 11) is 0. The SMILES string of the molecule is Cc1nc(C(C)NCCc2nnc3ccccn23)c(C)s1. The number of fused-ring (bicyclic) bond motifs is 1. The largest absolute Gasteiger partial charge is 0.308 e. The summed E-state index contributed by atoms with van der Waals surface area (Å²) in [6, 6.07) is 6.20. The first-order chi connectivity index (χ1) is 10.1. The second kappa shape index (κ2) is 5.91. The summed E-state index contributed by atoms with van der Waals surface area (Å²) in [6.45, 7) is 7.19. The molecule has 3 heterocycles. The van der Waals surface area contributed by atoms with Gasteiger partial charge in [-0.05, 0) is 32.9 Å². The van der Waals surface area contributed by atoms with Crippen LogP contribution in [0.2, 0.25) is 0 Å². The lowest BCUT2D eigenvalue weighted by Gasteiger charge is -2.12. The van der Waals surface area contributed by atoms with Crippen molar-refractivity contribution >= 4 is 17.0 Å². The second-order valence-electron chi connectivity index (χ2n) is 5.15. The lowest BCUT2D eigenvalue weighted by molar-refractivity contribution is 0.556. The average Bonchev–Trinajstić information content (AvgIpc) is 3.02. The molecule has 0 spiro atoms. The van der Waals surface area contributed by atoms with E-state index in [1.54, 1.807) is 11.3 Å². The third kappa shape index (κ3) is 2.96. The first-order valence-electron chi connectivity index (χ1n) is 7.11. The van der Waals surface area contributed by atoms with Crippen LogP contribution in [-0.4, -0.2) is 26.1 Å². The Labute approximate surface area is 128 Å². The Kier molecular flexibility index (Phi) is 3.98. The molecule has 3 aromatic heterocycles. The molecular formula is C15H19N5S. The van der Waals surface area contributed by atoms with Crippen LogP contribution >= 0.6 is 11.3 Å². The minimum absolute atomic E-state index is 0.258. The van der Waals surface area contributed by atoms with Crippen LogP contribution in [0.5, 0.6) is 0 Å². The quantitative estimate of drug-likeness (QED) is 0.787. The van der Waals surface area contributed by atoms with Gasteiger partial charge in [-0.15, -0.1) is 21.5 Å². The highest BCUT2D eigenvalue weighted by molar-refractivity contribution is 7.11. The van der Waals surface area contributed by atoms with Gasteiger partial charge < -0.3 is 5.32 Å². The fraction of sp³-hybridized carbons (Fsp3) is 0.400. The topological polar surface area (TPSA) is 55.1 Å². The first kappa shape index (κ1) is 14.2. The van der Waals surface area contributed by atoms with Crippen molar-refractivity contribution in [2.24, 2.45) is 0 Å². The normalized spacial score (nSPS) is 12.9. The van der Waals surface area contributed by atoms with Crippen LogP contribution in [0.4, 0.5) is 0 Å². The molecule has 5 nitrogen and oxygen atoms in total. The number of hydrogen-bond acceptors (Lipinski definition) is 5. The number of nitrogens with one attached hydrogen (secondary N) is 1. The lowest BCUT2D eigenvalue weighted by Crippen LogP contribution is -2.22. The van der Waals surface area contributed by atoms with Crippen LogP contribution in [0.25, 0.3) is 5.65 Å². The Morgan fingerprint density at radius 3 is 2.90 bits per heavy atom. The summed E-state index contributed by atoms with van der Waals surface area (Å²) in [5, 5.41) is 13.1. The number of aromatic nitrogens is 4. The number of pyridine rings is 1. The summed E-state index contributed by atoms with van der Waals surface area (Å²) in [4.78, 5) is 5.89. The Morgan fingerprint density at radius 2 is 2.14 bits per heavy atom. The van der Waals surface area contributed by atoms with Crippen molar-refractivity contribution in [1.29, 1.82) is 0 Å². The van der Waals surface area contributed by atoms with E-state index in [0.717, 1.165) is 35.1 Å². The Morgan fingerprint density at radius 1 is 1.29 bits per heavy atom. The van der Waals surface area contributed by atoms with Gasteiger partial charge in [0.05, 0.1) is 10.7 Å². The van der Waals surface area contributed by atoms with Gasteiger partial charge in [0.25, 0.3) is 0 Å². The van der Waals surface area contributed by atoms with E-state index < -0.39 is 0 Å². The molecule has 3 rings (SSSR count). The zero-order chi connectivity index (χ0) is 14.8. The van der Waals surface area contributed by atoms with Gasteiger partial charge in [0.15, 0.2) is 5.65 Å². The minimum Gasteiger partial charge on any atom is -0.308 e. The van der Waals surface area contributed by atoms with Crippen LogP contribution in [0.15, 0.2) is 24.4 Å². The molecule has 0 saturated carbocycles. The van der Waals surface area contributed by atoms with Crippen molar-refractivity contribution in [3.8, 4) is 0 Å². The van der Waals surface area contributed by atoms with E-state index in [2.05, 4.69) is 41.3 Å². The van der Waals surface area contributed by atoms with Crippen molar-refractivity contribution in [1.82, 2.24) is 24.9 Å². The van der Waals surface area contributed by atoms with Gasteiger partial charge in [-0.2, -0.15) is 0 Å². The van der Waals surface area contributed by atoms with Crippen LogP contribution in [0, 0.1) is 13.8 Å². The molecule has 1 N–H and O–H groups in total. The number of aryl methyl sites for hydroxylation is 2. The zero-order valence-electron chi connectivity index (χ0n) is 12.5.